The van der Waals surface area contributed by atoms with Gasteiger partial charge in [-0.1, -0.05) is 25.1 Å². The van der Waals surface area contributed by atoms with Crippen LogP contribution in [0, 0.1) is 0 Å². The van der Waals surface area contributed by atoms with Gasteiger partial charge in [-0.25, -0.2) is 8.42 Å². The average Bonchev–Trinajstić information content (AvgIpc) is 2.48. The summed E-state index contributed by atoms with van der Waals surface area (Å²) in [6.45, 7) is 2.71. The lowest BCUT2D eigenvalue weighted by molar-refractivity contribution is -0.121. The van der Waals surface area contributed by atoms with Crippen molar-refractivity contribution in [3.63, 3.8) is 0 Å². The molecule has 20 heavy (non-hydrogen) atoms. The largest absolute Gasteiger partial charge is 0.353 e. The Hall–Kier alpha value is -1.40. The second kappa shape index (κ2) is 6.37. The van der Waals surface area contributed by atoms with E-state index in [4.69, 9.17) is 0 Å². The van der Waals surface area contributed by atoms with E-state index in [2.05, 4.69) is 5.32 Å². The Morgan fingerprint density at radius 1 is 1.25 bits per heavy atom. The maximum Gasteiger partial charge on any atom is 0.243 e. The van der Waals surface area contributed by atoms with Gasteiger partial charge in [0, 0.05) is 25.6 Å². The SMILES string of the molecule is CCC(=O)NC1CCN(S(=O)(=O)c2ccccc2)CC1. The smallest absolute Gasteiger partial charge is 0.243 e. The van der Waals surface area contributed by atoms with Crippen LogP contribution in [0.15, 0.2) is 35.2 Å². The van der Waals surface area contributed by atoms with Gasteiger partial charge in [-0.05, 0) is 25.0 Å². The first-order valence-corrected chi connectivity index (χ1v) is 8.32. The van der Waals surface area contributed by atoms with E-state index in [0.717, 1.165) is 0 Å². The number of carbonyl (C=O) groups is 1. The lowest BCUT2D eigenvalue weighted by Gasteiger charge is -2.31. The summed E-state index contributed by atoms with van der Waals surface area (Å²) in [5.74, 6) is 0.0226. The minimum Gasteiger partial charge on any atom is -0.353 e. The fourth-order valence-electron chi connectivity index (χ4n) is 2.31. The van der Waals surface area contributed by atoms with Crippen molar-refractivity contribution >= 4 is 15.9 Å². The number of hydrogen-bond donors (Lipinski definition) is 1. The third-order valence-corrected chi connectivity index (χ3v) is 5.43. The third kappa shape index (κ3) is 3.37. The number of nitrogens with zero attached hydrogens (tertiary/aromatic N) is 1. The average molecular weight is 296 g/mol. The van der Waals surface area contributed by atoms with Gasteiger partial charge < -0.3 is 5.32 Å². The molecule has 1 N–H and O–H groups in total. The van der Waals surface area contributed by atoms with Gasteiger partial charge in [0.25, 0.3) is 0 Å². The topological polar surface area (TPSA) is 66.5 Å². The van der Waals surface area contributed by atoms with Crippen LogP contribution >= 0.6 is 0 Å². The number of benzene rings is 1. The molecule has 2 rings (SSSR count). The van der Waals surface area contributed by atoms with Crippen LogP contribution in [0.5, 0.6) is 0 Å². The third-order valence-electron chi connectivity index (χ3n) is 3.52. The zero-order valence-electron chi connectivity index (χ0n) is 11.6. The molecule has 1 aliphatic heterocycles. The van der Waals surface area contributed by atoms with Gasteiger partial charge in [-0.2, -0.15) is 4.31 Å². The molecule has 0 saturated carbocycles. The molecule has 1 fully saturated rings. The lowest BCUT2D eigenvalue weighted by Crippen LogP contribution is -2.46. The number of amides is 1. The highest BCUT2D eigenvalue weighted by molar-refractivity contribution is 7.89. The number of nitrogens with one attached hydrogen (secondary N) is 1. The normalized spacial score (nSPS) is 17.9. The molecule has 110 valence electrons. The summed E-state index contributed by atoms with van der Waals surface area (Å²) in [7, 11) is -3.40. The van der Waals surface area contributed by atoms with Crippen LogP contribution in [-0.4, -0.2) is 37.8 Å². The molecule has 1 saturated heterocycles. The van der Waals surface area contributed by atoms with Crippen LogP contribution in [0.1, 0.15) is 26.2 Å². The molecule has 5 nitrogen and oxygen atoms in total. The van der Waals surface area contributed by atoms with Gasteiger partial charge in [0.15, 0.2) is 0 Å². The summed E-state index contributed by atoms with van der Waals surface area (Å²) in [5.41, 5.74) is 0. The van der Waals surface area contributed by atoms with E-state index in [-0.39, 0.29) is 11.9 Å². The number of sulfonamides is 1. The van der Waals surface area contributed by atoms with Crippen LogP contribution in [-0.2, 0) is 14.8 Å². The van der Waals surface area contributed by atoms with Crippen molar-refractivity contribution in [2.75, 3.05) is 13.1 Å². The zero-order chi connectivity index (χ0) is 14.6. The molecule has 6 heteroatoms. The van der Waals surface area contributed by atoms with Crippen molar-refractivity contribution in [3.05, 3.63) is 30.3 Å². The highest BCUT2D eigenvalue weighted by atomic mass is 32.2. The Morgan fingerprint density at radius 3 is 2.40 bits per heavy atom. The number of piperidine rings is 1. The minimum absolute atomic E-state index is 0.0226. The van der Waals surface area contributed by atoms with Gasteiger partial charge in [0.05, 0.1) is 4.90 Å². The summed E-state index contributed by atoms with van der Waals surface area (Å²) in [4.78, 5) is 11.7. The first kappa shape index (κ1) is 15.0. The quantitative estimate of drug-likeness (QED) is 0.912. The molecular formula is C14H20N2O3S. The fourth-order valence-corrected chi connectivity index (χ4v) is 3.80. The minimum atomic E-state index is -3.40. The van der Waals surface area contributed by atoms with Crippen LogP contribution in [0.3, 0.4) is 0 Å². The maximum atomic E-state index is 12.4. The van der Waals surface area contributed by atoms with E-state index in [0.29, 0.717) is 37.2 Å². The van der Waals surface area contributed by atoms with Crippen molar-refractivity contribution in [1.29, 1.82) is 0 Å². The van der Waals surface area contributed by atoms with Gasteiger partial charge in [0.2, 0.25) is 15.9 Å². The summed E-state index contributed by atoms with van der Waals surface area (Å²) < 4.78 is 26.3. The van der Waals surface area contributed by atoms with Crippen molar-refractivity contribution in [3.8, 4) is 0 Å². The summed E-state index contributed by atoms with van der Waals surface area (Å²) in [6, 6.07) is 8.55. The van der Waals surface area contributed by atoms with E-state index >= 15 is 0 Å². The Kier molecular flexibility index (Phi) is 4.77. The van der Waals surface area contributed by atoms with E-state index in [1.807, 2.05) is 6.92 Å². The predicted octanol–water partition coefficient (Wildman–Crippen LogP) is 1.37. The summed E-state index contributed by atoms with van der Waals surface area (Å²) in [5, 5.41) is 2.92. The fraction of sp³-hybridized carbons (Fsp3) is 0.500. The van der Waals surface area contributed by atoms with Crippen LogP contribution in [0.25, 0.3) is 0 Å². The highest BCUT2D eigenvalue weighted by Gasteiger charge is 2.29. The molecule has 0 bridgehead atoms. The molecule has 0 aromatic heterocycles. The van der Waals surface area contributed by atoms with E-state index in [1.54, 1.807) is 30.3 Å². The van der Waals surface area contributed by atoms with E-state index in [1.165, 1.54) is 4.31 Å². The van der Waals surface area contributed by atoms with Gasteiger partial charge in [-0.15, -0.1) is 0 Å². The molecule has 0 spiro atoms. The standard InChI is InChI=1S/C14H20N2O3S/c1-2-14(17)15-12-8-10-16(11-9-12)20(18,19)13-6-4-3-5-7-13/h3-7,12H,2,8-11H2,1H3,(H,15,17). The molecule has 0 atom stereocenters. The van der Waals surface area contributed by atoms with Gasteiger partial charge in [0.1, 0.15) is 0 Å². The predicted molar refractivity (Wildman–Crippen MR) is 76.7 cm³/mol. The number of hydrogen-bond acceptors (Lipinski definition) is 3. The number of rotatable bonds is 4. The second-order valence-electron chi connectivity index (χ2n) is 4.91. The Morgan fingerprint density at radius 2 is 1.85 bits per heavy atom. The van der Waals surface area contributed by atoms with E-state index < -0.39 is 10.0 Å². The molecule has 0 radical (unpaired) electrons. The van der Waals surface area contributed by atoms with Crippen molar-refractivity contribution in [2.45, 2.75) is 37.1 Å². The summed E-state index contributed by atoms with van der Waals surface area (Å²) in [6.07, 6.45) is 1.79. The zero-order valence-corrected chi connectivity index (χ0v) is 12.4. The lowest BCUT2D eigenvalue weighted by atomic mass is 10.1. The first-order valence-electron chi connectivity index (χ1n) is 6.88. The van der Waals surface area contributed by atoms with Crippen LogP contribution in [0.2, 0.25) is 0 Å². The van der Waals surface area contributed by atoms with E-state index in [9.17, 15) is 13.2 Å². The van der Waals surface area contributed by atoms with Crippen molar-refractivity contribution in [1.82, 2.24) is 9.62 Å². The summed E-state index contributed by atoms with van der Waals surface area (Å²) >= 11 is 0. The van der Waals surface area contributed by atoms with Crippen LogP contribution in [0.4, 0.5) is 0 Å². The van der Waals surface area contributed by atoms with Gasteiger partial charge in [-0.3, -0.25) is 4.79 Å². The van der Waals surface area contributed by atoms with Crippen molar-refractivity contribution in [2.24, 2.45) is 0 Å². The Bertz CT molecular complexity index is 549. The molecule has 1 amide bonds. The molecule has 1 heterocycles. The number of carbonyl (C=O) groups excluding carboxylic acids is 1. The molecule has 1 aromatic rings. The van der Waals surface area contributed by atoms with Gasteiger partial charge >= 0.3 is 0 Å². The monoisotopic (exact) mass is 296 g/mol. The van der Waals surface area contributed by atoms with Crippen LogP contribution < -0.4 is 5.32 Å². The molecule has 0 aliphatic carbocycles. The molecule has 0 unspecified atom stereocenters. The first-order chi connectivity index (χ1) is 9.54. The Labute approximate surface area is 120 Å². The Balaban J connectivity index is 1.99. The maximum absolute atomic E-state index is 12.4. The highest BCUT2D eigenvalue weighted by Crippen LogP contribution is 2.20. The van der Waals surface area contributed by atoms with Crippen molar-refractivity contribution < 1.29 is 13.2 Å². The molecular weight excluding hydrogens is 276 g/mol. The second-order valence-corrected chi connectivity index (χ2v) is 6.85. The molecule has 1 aliphatic rings. The molecule has 1 aromatic carbocycles.